The lowest BCUT2D eigenvalue weighted by Crippen LogP contribution is -1.95. The molecule has 0 unspecified atom stereocenters. The SMILES string of the molecule is O=C(O)c1ccc2nc(-c3cccc(OCc4ccccc4)c3)[nH]c2c1.O=C(O)c1ccc2nc(-c3cccc(OCc4ccccc4)c3)[nH]c2c1. The van der Waals surface area contributed by atoms with Crippen LogP contribution in [0.2, 0.25) is 0 Å². The largest absolute Gasteiger partial charge is 0.489 e. The number of carbonyl (C=O) groups is 2. The number of imidazole rings is 2. The van der Waals surface area contributed by atoms with Crippen molar-refractivity contribution in [3.63, 3.8) is 0 Å². The molecule has 0 amide bonds. The topological polar surface area (TPSA) is 150 Å². The van der Waals surface area contributed by atoms with Gasteiger partial charge in [0.2, 0.25) is 0 Å². The lowest BCUT2D eigenvalue weighted by molar-refractivity contribution is 0.0686. The standard InChI is InChI=1S/2C21H16N2O3/c2*24-21(25)16-9-10-18-19(12-16)23-20(22-18)15-7-4-8-17(11-15)26-13-14-5-2-1-3-6-14/h2*1-12H,13H2,(H,22,23)(H,24,25). The number of hydrogen-bond donors (Lipinski definition) is 4. The highest BCUT2D eigenvalue weighted by Gasteiger charge is 2.11. The zero-order valence-corrected chi connectivity index (χ0v) is 27.7. The maximum absolute atomic E-state index is 11.1. The third-order valence-electron chi connectivity index (χ3n) is 8.17. The number of nitrogens with zero attached hydrogens (tertiary/aromatic N) is 2. The molecule has 0 saturated heterocycles. The minimum atomic E-state index is -0.959. The number of carboxylic acids is 2. The van der Waals surface area contributed by atoms with Crippen LogP contribution in [0, 0.1) is 0 Å². The Labute approximate surface area is 298 Å². The van der Waals surface area contributed by atoms with Crippen LogP contribution in [-0.4, -0.2) is 42.1 Å². The lowest BCUT2D eigenvalue weighted by atomic mass is 10.2. The predicted octanol–water partition coefficient (Wildman–Crippen LogP) is 9.01. The van der Waals surface area contributed by atoms with E-state index in [0.29, 0.717) is 35.9 Å². The van der Waals surface area contributed by atoms with Crippen LogP contribution < -0.4 is 9.47 Å². The Morgan fingerprint density at radius 1 is 0.500 bits per heavy atom. The van der Waals surface area contributed by atoms with E-state index in [9.17, 15) is 9.59 Å². The molecule has 256 valence electrons. The Morgan fingerprint density at radius 2 is 0.923 bits per heavy atom. The summed E-state index contributed by atoms with van der Waals surface area (Å²) in [6.45, 7) is 0.985. The van der Waals surface area contributed by atoms with Gasteiger partial charge in [0.05, 0.1) is 33.2 Å². The molecular weight excluding hydrogens is 656 g/mol. The number of aromatic nitrogens is 4. The van der Waals surface area contributed by atoms with Crippen LogP contribution in [0.4, 0.5) is 0 Å². The van der Waals surface area contributed by atoms with Gasteiger partial charge in [0.25, 0.3) is 0 Å². The van der Waals surface area contributed by atoms with Gasteiger partial charge in [0, 0.05) is 11.1 Å². The summed E-state index contributed by atoms with van der Waals surface area (Å²) in [5.74, 6) is 0.926. The normalized spacial score (nSPS) is 10.8. The summed E-state index contributed by atoms with van der Waals surface area (Å²) in [5.41, 5.74) is 7.24. The summed E-state index contributed by atoms with van der Waals surface area (Å²) in [6, 6.07) is 44.9. The van der Waals surface area contributed by atoms with Crippen molar-refractivity contribution in [1.82, 2.24) is 19.9 Å². The number of benzene rings is 6. The van der Waals surface area contributed by atoms with Crippen LogP contribution in [0.15, 0.2) is 146 Å². The summed E-state index contributed by atoms with van der Waals surface area (Å²) in [4.78, 5) is 37.6. The van der Waals surface area contributed by atoms with Gasteiger partial charge < -0.3 is 29.7 Å². The molecule has 0 aliphatic rings. The van der Waals surface area contributed by atoms with Crippen LogP contribution in [0.25, 0.3) is 44.8 Å². The zero-order chi connectivity index (χ0) is 35.9. The van der Waals surface area contributed by atoms with E-state index in [2.05, 4.69) is 19.9 Å². The van der Waals surface area contributed by atoms with Crippen molar-refractivity contribution in [2.24, 2.45) is 0 Å². The Morgan fingerprint density at radius 3 is 1.33 bits per heavy atom. The second-order valence-corrected chi connectivity index (χ2v) is 11.8. The fourth-order valence-electron chi connectivity index (χ4n) is 5.51. The van der Waals surface area contributed by atoms with Gasteiger partial charge in [-0.05, 0) is 71.8 Å². The second kappa shape index (κ2) is 15.1. The third kappa shape index (κ3) is 7.98. The number of hydrogen-bond acceptors (Lipinski definition) is 6. The van der Waals surface area contributed by atoms with E-state index in [4.69, 9.17) is 19.7 Å². The third-order valence-corrected chi connectivity index (χ3v) is 8.17. The first kappa shape index (κ1) is 33.3. The van der Waals surface area contributed by atoms with Crippen molar-refractivity contribution in [1.29, 1.82) is 0 Å². The highest BCUT2D eigenvalue weighted by Crippen LogP contribution is 2.27. The molecule has 10 nitrogen and oxygen atoms in total. The average molecular weight is 689 g/mol. The summed E-state index contributed by atoms with van der Waals surface area (Å²) < 4.78 is 11.7. The molecular formula is C42H32N4O6. The molecule has 0 bridgehead atoms. The number of nitrogens with one attached hydrogen (secondary N) is 2. The Hall–Kier alpha value is -7.20. The van der Waals surface area contributed by atoms with Gasteiger partial charge in [0.15, 0.2) is 0 Å². The molecule has 0 aliphatic heterocycles. The lowest BCUT2D eigenvalue weighted by Gasteiger charge is -2.07. The average Bonchev–Trinajstić information content (AvgIpc) is 3.82. The van der Waals surface area contributed by atoms with Gasteiger partial charge in [-0.3, -0.25) is 0 Å². The molecule has 8 aromatic rings. The van der Waals surface area contributed by atoms with Gasteiger partial charge in [0.1, 0.15) is 36.4 Å². The summed E-state index contributed by atoms with van der Waals surface area (Å²) in [5, 5.41) is 18.2. The number of H-pyrrole nitrogens is 2. The van der Waals surface area contributed by atoms with Crippen molar-refractivity contribution in [2.45, 2.75) is 13.2 Å². The fourth-order valence-corrected chi connectivity index (χ4v) is 5.51. The molecule has 2 heterocycles. The number of carboxylic acid groups (broad SMARTS) is 2. The molecule has 6 aromatic carbocycles. The molecule has 52 heavy (non-hydrogen) atoms. The molecule has 0 aliphatic carbocycles. The Kier molecular flexibility index (Phi) is 9.70. The van der Waals surface area contributed by atoms with Crippen LogP contribution in [0.3, 0.4) is 0 Å². The zero-order valence-electron chi connectivity index (χ0n) is 27.7. The molecule has 0 spiro atoms. The van der Waals surface area contributed by atoms with E-state index >= 15 is 0 Å². The number of rotatable bonds is 10. The van der Waals surface area contributed by atoms with E-state index in [1.165, 1.54) is 0 Å². The first-order chi connectivity index (χ1) is 25.4. The van der Waals surface area contributed by atoms with E-state index < -0.39 is 11.9 Å². The second-order valence-electron chi connectivity index (χ2n) is 11.8. The molecule has 0 fully saturated rings. The quantitative estimate of drug-likeness (QED) is 0.111. The van der Waals surface area contributed by atoms with Crippen molar-refractivity contribution in [3.8, 4) is 34.3 Å². The number of ether oxygens (including phenoxy) is 2. The van der Waals surface area contributed by atoms with Crippen LogP contribution in [0.5, 0.6) is 11.5 Å². The molecule has 8 rings (SSSR count). The summed E-state index contributed by atoms with van der Waals surface area (Å²) in [7, 11) is 0. The Bertz CT molecular complexity index is 2320. The molecule has 4 N–H and O–H groups in total. The smallest absolute Gasteiger partial charge is 0.335 e. The fraction of sp³-hybridized carbons (Fsp3) is 0.0476. The van der Waals surface area contributed by atoms with Crippen molar-refractivity contribution in [3.05, 3.63) is 168 Å². The summed E-state index contributed by atoms with van der Waals surface area (Å²) in [6.07, 6.45) is 0. The Balaban J connectivity index is 0.000000162. The minimum Gasteiger partial charge on any atom is -0.489 e. The highest BCUT2D eigenvalue weighted by atomic mass is 16.5. The van der Waals surface area contributed by atoms with Crippen LogP contribution >= 0.6 is 0 Å². The minimum absolute atomic E-state index is 0.229. The van der Waals surface area contributed by atoms with Gasteiger partial charge in [-0.2, -0.15) is 0 Å². The van der Waals surface area contributed by atoms with Crippen molar-refractivity contribution in [2.75, 3.05) is 0 Å². The van der Waals surface area contributed by atoms with Crippen LogP contribution in [-0.2, 0) is 13.2 Å². The first-order valence-electron chi connectivity index (χ1n) is 16.4. The van der Waals surface area contributed by atoms with E-state index in [1.807, 2.05) is 109 Å². The molecule has 0 saturated carbocycles. The van der Waals surface area contributed by atoms with Gasteiger partial charge in [-0.15, -0.1) is 0 Å². The number of aromatic amines is 2. The van der Waals surface area contributed by atoms with Crippen LogP contribution in [0.1, 0.15) is 31.8 Å². The van der Waals surface area contributed by atoms with Crippen molar-refractivity contribution < 1.29 is 29.3 Å². The van der Waals surface area contributed by atoms with E-state index in [1.54, 1.807) is 36.4 Å². The molecule has 0 radical (unpaired) electrons. The van der Waals surface area contributed by atoms with Gasteiger partial charge in [-0.1, -0.05) is 84.9 Å². The maximum atomic E-state index is 11.1. The molecule has 2 aromatic heterocycles. The van der Waals surface area contributed by atoms with Gasteiger partial charge in [-0.25, -0.2) is 19.6 Å². The maximum Gasteiger partial charge on any atom is 0.335 e. The summed E-state index contributed by atoms with van der Waals surface area (Å²) >= 11 is 0. The monoisotopic (exact) mass is 688 g/mol. The number of fused-ring (bicyclic) bond motifs is 2. The molecule has 0 atom stereocenters. The van der Waals surface area contributed by atoms with E-state index in [-0.39, 0.29) is 11.1 Å². The first-order valence-corrected chi connectivity index (χ1v) is 16.4. The molecule has 10 heteroatoms. The predicted molar refractivity (Wildman–Crippen MR) is 199 cm³/mol. The number of aromatic carboxylic acids is 2. The van der Waals surface area contributed by atoms with Crippen molar-refractivity contribution >= 4 is 34.0 Å². The highest BCUT2D eigenvalue weighted by molar-refractivity contribution is 5.94. The van der Waals surface area contributed by atoms with Gasteiger partial charge >= 0.3 is 11.9 Å². The van der Waals surface area contributed by atoms with E-state index in [0.717, 1.165) is 44.8 Å².